The molecule has 106 valence electrons. The molecule has 1 aliphatic rings. The van der Waals surface area contributed by atoms with Crippen LogP contribution in [0, 0.1) is 0 Å². The van der Waals surface area contributed by atoms with E-state index in [0.29, 0.717) is 5.69 Å². The molecule has 0 radical (unpaired) electrons. The van der Waals surface area contributed by atoms with Crippen LogP contribution in [0.25, 0.3) is 0 Å². The summed E-state index contributed by atoms with van der Waals surface area (Å²) in [6.07, 6.45) is 5.12. The van der Waals surface area contributed by atoms with Gasteiger partial charge in [-0.1, -0.05) is 18.9 Å². The third-order valence-corrected chi connectivity index (χ3v) is 4.38. The normalized spacial score (nSPS) is 17.7. The number of likely N-dealkylation sites (N-methyl/N-ethyl adjacent to an activating group) is 1. The molecule has 1 aromatic rings. The van der Waals surface area contributed by atoms with Gasteiger partial charge >= 0.3 is 0 Å². The summed E-state index contributed by atoms with van der Waals surface area (Å²) in [6.45, 7) is 0.928. The molecule has 3 N–H and O–H groups in total. The fraction of sp³-hybridized carbons (Fsp3) is 0.600. The molecule has 0 unspecified atom stereocenters. The quantitative estimate of drug-likeness (QED) is 0.802. The van der Waals surface area contributed by atoms with Crippen molar-refractivity contribution < 1.29 is 4.74 Å². The Morgan fingerprint density at radius 1 is 1.32 bits per heavy atom. The van der Waals surface area contributed by atoms with Gasteiger partial charge in [-0.05, 0) is 39.1 Å². The van der Waals surface area contributed by atoms with Crippen LogP contribution in [0.2, 0.25) is 0 Å². The topological polar surface area (TPSA) is 50.5 Å². The third-order valence-electron chi connectivity index (χ3n) is 4.38. The zero-order valence-electron chi connectivity index (χ0n) is 12.2. The number of para-hydroxylation sites is 1. The van der Waals surface area contributed by atoms with Crippen molar-refractivity contribution in [2.45, 2.75) is 31.2 Å². The van der Waals surface area contributed by atoms with E-state index in [1.807, 2.05) is 18.2 Å². The van der Waals surface area contributed by atoms with E-state index in [1.54, 1.807) is 7.11 Å². The standard InChI is InChI=1S/C15H25N3O/c1-18(2)15(9-4-5-10-15)11-17-12-7-6-8-13(19-3)14(12)16/h6-8,17H,4-5,9-11,16H2,1-3H3. The smallest absolute Gasteiger partial charge is 0.143 e. The van der Waals surface area contributed by atoms with Crippen molar-refractivity contribution >= 4 is 11.4 Å². The van der Waals surface area contributed by atoms with Gasteiger partial charge in [-0.25, -0.2) is 0 Å². The van der Waals surface area contributed by atoms with Gasteiger partial charge in [0.2, 0.25) is 0 Å². The Hall–Kier alpha value is -1.42. The van der Waals surface area contributed by atoms with Gasteiger partial charge in [0, 0.05) is 12.1 Å². The number of benzene rings is 1. The summed E-state index contributed by atoms with van der Waals surface area (Å²) < 4.78 is 5.25. The molecular formula is C15H25N3O. The zero-order valence-corrected chi connectivity index (χ0v) is 12.2. The number of nitrogen functional groups attached to an aromatic ring is 1. The predicted molar refractivity (Wildman–Crippen MR) is 80.8 cm³/mol. The van der Waals surface area contributed by atoms with Gasteiger partial charge < -0.3 is 20.7 Å². The summed E-state index contributed by atoms with van der Waals surface area (Å²) in [6, 6.07) is 5.86. The summed E-state index contributed by atoms with van der Waals surface area (Å²) in [5.74, 6) is 0.732. The van der Waals surface area contributed by atoms with Gasteiger partial charge in [-0.15, -0.1) is 0 Å². The van der Waals surface area contributed by atoms with Gasteiger partial charge in [0.15, 0.2) is 0 Å². The first-order valence-electron chi connectivity index (χ1n) is 6.93. The molecule has 2 rings (SSSR count). The highest BCUT2D eigenvalue weighted by atomic mass is 16.5. The minimum atomic E-state index is 0.259. The molecule has 0 saturated heterocycles. The molecule has 0 atom stereocenters. The lowest BCUT2D eigenvalue weighted by molar-refractivity contribution is 0.172. The van der Waals surface area contributed by atoms with E-state index >= 15 is 0 Å². The van der Waals surface area contributed by atoms with Crippen LogP contribution in [0.4, 0.5) is 11.4 Å². The van der Waals surface area contributed by atoms with Crippen LogP contribution in [0.1, 0.15) is 25.7 Å². The molecule has 1 aromatic carbocycles. The van der Waals surface area contributed by atoms with E-state index in [-0.39, 0.29) is 5.54 Å². The molecule has 1 fully saturated rings. The first kappa shape index (κ1) is 14.0. The SMILES string of the molecule is COc1cccc(NCC2(N(C)C)CCCC2)c1N. The summed E-state index contributed by atoms with van der Waals surface area (Å²) in [4.78, 5) is 2.35. The van der Waals surface area contributed by atoms with E-state index < -0.39 is 0 Å². The summed E-state index contributed by atoms with van der Waals surface area (Å²) in [7, 11) is 5.98. The number of hydrogen-bond donors (Lipinski definition) is 2. The van der Waals surface area contributed by atoms with Crippen LogP contribution in [-0.2, 0) is 0 Å². The molecule has 0 aliphatic heterocycles. The van der Waals surface area contributed by atoms with Crippen molar-refractivity contribution in [1.29, 1.82) is 0 Å². The van der Waals surface area contributed by atoms with Crippen LogP contribution in [0.5, 0.6) is 5.75 Å². The minimum absolute atomic E-state index is 0.259. The van der Waals surface area contributed by atoms with E-state index in [2.05, 4.69) is 24.3 Å². The van der Waals surface area contributed by atoms with Crippen LogP contribution in [0.15, 0.2) is 18.2 Å². The highest BCUT2D eigenvalue weighted by molar-refractivity contribution is 5.73. The number of nitrogens with two attached hydrogens (primary N) is 1. The van der Waals surface area contributed by atoms with Crippen LogP contribution >= 0.6 is 0 Å². The van der Waals surface area contributed by atoms with Gasteiger partial charge in [0.25, 0.3) is 0 Å². The first-order valence-corrected chi connectivity index (χ1v) is 6.93. The maximum atomic E-state index is 6.10. The summed E-state index contributed by atoms with van der Waals surface area (Å²) >= 11 is 0. The second-order valence-electron chi connectivity index (χ2n) is 5.60. The average Bonchev–Trinajstić information content (AvgIpc) is 2.88. The minimum Gasteiger partial charge on any atom is -0.495 e. The van der Waals surface area contributed by atoms with Gasteiger partial charge in [-0.3, -0.25) is 0 Å². The lowest BCUT2D eigenvalue weighted by Crippen LogP contribution is -2.47. The molecule has 0 spiro atoms. The maximum Gasteiger partial charge on any atom is 0.143 e. The molecule has 0 heterocycles. The van der Waals surface area contributed by atoms with Crippen molar-refractivity contribution in [2.75, 3.05) is 38.8 Å². The Kier molecular flexibility index (Phi) is 4.20. The molecule has 1 aliphatic carbocycles. The lowest BCUT2D eigenvalue weighted by Gasteiger charge is -2.37. The molecule has 1 saturated carbocycles. The van der Waals surface area contributed by atoms with E-state index in [1.165, 1.54) is 25.7 Å². The molecule has 0 bridgehead atoms. The maximum absolute atomic E-state index is 6.10. The number of methoxy groups -OCH3 is 1. The molecule has 4 nitrogen and oxygen atoms in total. The predicted octanol–water partition coefficient (Wildman–Crippen LogP) is 2.56. The van der Waals surface area contributed by atoms with Gasteiger partial charge in [0.1, 0.15) is 5.75 Å². The number of anilines is 2. The van der Waals surface area contributed by atoms with Crippen molar-refractivity contribution in [3.63, 3.8) is 0 Å². The number of rotatable bonds is 5. The van der Waals surface area contributed by atoms with Crippen LogP contribution < -0.4 is 15.8 Å². The largest absolute Gasteiger partial charge is 0.495 e. The van der Waals surface area contributed by atoms with Crippen molar-refractivity contribution in [1.82, 2.24) is 4.90 Å². The fourth-order valence-electron chi connectivity index (χ4n) is 2.95. The average molecular weight is 263 g/mol. The zero-order chi connectivity index (χ0) is 13.9. The Balaban J connectivity index is 2.09. The Morgan fingerprint density at radius 3 is 2.58 bits per heavy atom. The van der Waals surface area contributed by atoms with Gasteiger partial charge in [-0.2, -0.15) is 0 Å². The van der Waals surface area contributed by atoms with E-state index in [9.17, 15) is 0 Å². The van der Waals surface area contributed by atoms with E-state index in [0.717, 1.165) is 18.0 Å². The van der Waals surface area contributed by atoms with E-state index in [4.69, 9.17) is 10.5 Å². The van der Waals surface area contributed by atoms with Crippen LogP contribution in [0.3, 0.4) is 0 Å². The summed E-state index contributed by atoms with van der Waals surface area (Å²) in [5, 5.41) is 3.51. The molecule has 4 heteroatoms. The number of nitrogens with one attached hydrogen (secondary N) is 1. The summed E-state index contributed by atoms with van der Waals surface area (Å²) in [5.41, 5.74) is 8.01. The fourth-order valence-corrected chi connectivity index (χ4v) is 2.95. The monoisotopic (exact) mass is 263 g/mol. The first-order chi connectivity index (χ1) is 9.09. The Morgan fingerprint density at radius 2 is 2.00 bits per heavy atom. The second-order valence-corrected chi connectivity index (χ2v) is 5.60. The molecular weight excluding hydrogens is 238 g/mol. The number of hydrogen-bond acceptors (Lipinski definition) is 4. The lowest BCUT2D eigenvalue weighted by atomic mass is 9.96. The Bertz CT molecular complexity index is 425. The number of ether oxygens (including phenoxy) is 1. The number of nitrogens with zero attached hydrogens (tertiary/aromatic N) is 1. The Labute approximate surface area is 115 Å². The molecule has 0 amide bonds. The molecule has 19 heavy (non-hydrogen) atoms. The highest BCUT2D eigenvalue weighted by Gasteiger charge is 2.35. The van der Waals surface area contributed by atoms with Crippen molar-refractivity contribution in [2.24, 2.45) is 0 Å². The third kappa shape index (κ3) is 2.78. The van der Waals surface area contributed by atoms with Crippen molar-refractivity contribution in [3.05, 3.63) is 18.2 Å². The van der Waals surface area contributed by atoms with Gasteiger partial charge in [0.05, 0.1) is 18.5 Å². The van der Waals surface area contributed by atoms with Crippen molar-refractivity contribution in [3.8, 4) is 5.75 Å². The van der Waals surface area contributed by atoms with Crippen LogP contribution in [-0.4, -0.2) is 38.2 Å². The molecule has 0 aromatic heterocycles. The second kappa shape index (κ2) is 5.70. The highest BCUT2D eigenvalue weighted by Crippen LogP contribution is 2.35.